The van der Waals surface area contributed by atoms with Gasteiger partial charge in [0.25, 0.3) is 0 Å². The molecule has 0 aromatic heterocycles. The fourth-order valence-electron chi connectivity index (χ4n) is 1.89. The minimum absolute atomic E-state index is 0.335. The van der Waals surface area contributed by atoms with Crippen LogP contribution in [0.2, 0.25) is 0 Å². The molecule has 4 rings (SSSR count). The summed E-state index contributed by atoms with van der Waals surface area (Å²) in [4.78, 5) is 29.4. The number of carbonyl (C=O) groups excluding carboxylic acids is 2. The van der Waals surface area contributed by atoms with E-state index in [1.807, 2.05) is 23.5 Å². The first kappa shape index (κ1) is 20.4. The molecule has 0 amide bonds. The molecule has 0 saturated heterocycles. The summed E-state index contributed by atoms with van der Waals surface area (Å²) in [5, 5.41) is 0. The maximum atomic E-state index is 12.0. The first-order valence-electron chi connectivity index (χ1n) is 6.80. The van der Waals surface area contributed by atoms with E-state index in [9.17, 15) is 9.59 Å². The Bertz CT molecular complexity index is 812. The molecule has 4 nitrogen and oxygen atoms in total. The van der Waals surface area contributed by atoms with Crippen molar-refractivity contribution in [1.82, 2.24) is 0 Å². The van der Waals surface area contributed by atoms with E-state index in [4.69, 9.17) is 9.47 Å². The van der Waals surface area contributed by atoms with Gasteiger partial charge in [-0.1, -0.05) is 0 Å². The van der Waals surface area contributed by atoms with Crippen LogP contribution in [0, 0.1) is 0 Å². The van der Waals surface area contributed by atoms with Crippen LogP contribution in [0.3, 0.4) is 0 Å². The van der Waals surface area contributed by atoms with E-state index >= 15 is 0 Å². The van der Waals surface area contributed by atoms with Gasteiger partial charge in [0.2, 0.25) is 0 Å². The summed E-state index contributed by atoms with van der Waals surface area (Å²) in [5.74, 6) is -0.962. The molecule has 0 aromatic rings. The van der Waals surface area contributed by atoms with Gasteiger partial charge in [0, 0.05) is 0 Å². The van der Waals surface area contributed by atoms with Crippen molar-refractivity contribution >= 4 is 119 Å². The molecule has 12 heteroatoms. The van der Waals surface area contributed by atoms with Crippen molar-refractivity contribution in [3.63, 3.8) is 0 Å². The second-order valence-electron chi connectivity index (χ2n) is 4.49. The fourth-order valence-corrected chi connectivity index (χ4v) is 24.9. The van der Waals surface area contributed by atoms with Crippen molar-refractivity contribution in [3.8, 4) is 0 Å². The summed E-state index contributed by atoms with van der Waals surface area (Å²) in [6, 6.07) is 0. The number of hydrogen-bond donors (Lipinski definition) is 0. The number of rotatable bonds is 2. The Balaban J connectivity index is 1.50. The van der Waals surface area contributed by atoms with Crippen molar-refractivity contribution in [1.29, 1.82) is 0 Å². The molecule has 4 aliphatic heterocycles. The summed E-state index contributed by atoms with van der Waals surface area (Å²) in [5.41, 5.74) is 0. The van der Waals surface area contributed by atoms with E-state index in [0.29, 0.717) is 69.6 Å². The Hall–Kier alpha value is 1.12. The molecular formula is C14H8O4S4Se4. The summed E-state index contributed by atoms with van der Waals surface area (Å²) < 4.78 is 18.4. The molecule has 0 N–H and O–H groups in total. The quantitative estimate of drug-likeness (QED) is 0.325. The Morgan fingerprint density at radius 1 is 0.769 bits per heavy atom. The van der Waals surface area contributed by atoms with Gasteiger partial charge in [0.1, 0.15) is 0 Å². The number of carbonyl (C=O) groups is 2. The van der Waals surface area contributed by atoms with E-state index in [2.05, 4.69) is 9.95 Å². The van der Waals surface area contributed by atoms with Gasteiger partial charge in [0.15, 0.2) is 0 Å². The monoisotopic (exact) mass is 688 g/mol. The topological polar surface area (TPSA) is 52.6 Å². The third-order valence-electron chi connectivity index (χ3n) is 2.98. The molecule has 0 aromatic carbocycles. The molecule has 4 aliphatic rings. The second kappa shape index (κ2) is 8.86. The molecule has 0 aliphatic carbocycles. The second-order valence-corrected chi connectivity index (χ2v) is 21.0. The normalized spacial score (nSPS) is 22.1. The standard InChI is InChI=1S/C14H8O4S4Se4/c1-17-7(15)5-6(8(16)18-2)20-9(19-5)10-21-11-12(22-10)26-14(25-11)13-23-3-4-24-13/h3-4H,1-2H3. The van der Waals surface area contributed by atoms with Crippen LogP contribution in [0.1, 0.15) is 0 Å². The molecule has 0 spiro atoms. The van der Waals surface area contributed by atoms with E-state index in [-0.39, 0.29) is 0 Å². The van der Waals surface area contributed by atoms with Crippen molar-refractivity contribution in [2.24, 2.45) is 0 Å². The van der Waals surface area contributed by atoms with Crippen molar-refractivity contribution in [2.45, 2.75) is 0 Å². The molecule has 0 atom stereocenters. The SMILES string of the molecule is COC(=O)C1=C(C(=O)OC)SC(=C2SC3=C(S2)[Se]C(=C2[Se]C=C[Se]2)[Se]3)S1. The number of ether oxygens (including phenoxy) is 2. The Labute approximate surface area is 192 Å². The van der Waals surface area contributed by atoms with Gasteiger partial charge in [-0.3, -0.25) is 0 Å². The van der Waals surface area contributed by atoms with Crippen molar-refractivity contribution in [2.75, 3.05) is 14.2 Å². The van der Waals surface area contributed by atoms with E-state index in [1.54, 1.807) is 6.74 Å². The number of thioether (sulfide) groups is 4. The molecular weight excluding hydrogens is 676 g/mol. The van der Waals surface area contributed by atoms with Crippen LogP contribution in [-0.4, -0.2) is 86.0 Å². The van der Waals surface area contributed by atoms with E-state index in [0.717, 1.165) is 4.24 Å². The van der Waals surface area contributed by atoms with Crippen LogP contribution < -0.4 is 0 Å². The third-order valence-corrected chi connectivity index (χ3v) is 25.0. The van der Waals surface area contributed by atoms with E-state index < -0.39 is 11.9 Å². The Morgan fingerprint density at radius 3 is 1.69 bits per heavy atom. The van der Waals surface area contributed by atoms with Gasteiger partial charge < -0.3 is 0 Å². The predicted octanol–water partition coefficient (Wildman–Crippen LogP) is 2.20. The third kappa shape index (κ3) is 4.04. The molecule has 4 heterocycles. The zero-order valence-electron chi connectivity index (χ0n) is 13.1. The average Bonchev–Trinajstić information content (AvgIpc) is 3.41. The molecule has 0 fully saturated rings. The summed E-state index contributed by atoms with van der Waals surface area (Å²) in [7, 11) is 2.66. The van der Waals surface area contributed by atoms with Crippen LogP contribution in [0.5, 0.6) is 0 Å². The van der Waals surface area contributed by atoms with Gasteiger partial charge in [0.05, 0.1) is 0 Å². The molecule has 0 unspecified atom stereocenters. The van der Waals surface area contributed by atoms with E-state index in [1.165, 1.54) is 49.6 Å². The van der Waals surface area contributed by atoms with Crippen LogP contribution in [-0.2, 0) is 19.1 Å². The first-order valence-corrected chi connectivity index (χ1v) is 17.2. The summed E-state index contributed by atoms with van der Waals surface area (Å²) >= 11 is 8.48. The minimum atomic E-state index is -0.481. The summed E-state index contributed by atoms with van der Waals surface area (Å²) in [6.07, 6.45) is 0. The zero-order valence-corrected chi connectivity index (χ0v) is 23.2. The first-order chi connectivity index (χ1) is 12.6. The molecule has 0 saturated carbocycles. The molecule has 136 valence electrons. The van der Waals surface area contributed by atoms with Gasteiger partial charge in [-0.15, -0.1) is 0 Å². The number of hydrogen-bond acceptors (Lipinski definition) is 8. The fraction of sp³-hybridized carbons (Fsp3) is 0.143. The van der Waals surface area contributed by atoms with Crippen molar-refractivity contribution < 1.29 is 19.1 Å². The van der Waals surface area contributed by atoms with Crippen LogP contribution in [0.25, 0.3) is 0 Å². The Morgan fingerprint density at radius 2 is 1.23 bits per heavy atom. The molecule has 26 heavy (non-hydrogen) atoms. The number of methoxy groups -OCH3 is 2. The van der Waals surface area contributed by atoms with Crippen LogP contribution >= 0.6 is 47.0 Å². The zero-order chi connectivity index (χ0) is 18.3. The van der Waals surface area contributed by atoms with Gasteiger partial charge >= 0.3 is 195 Å². The van der Waals surface area contributed by atoms with Gasteiger partial charge in [-0.05, 0) is 0 Å². The van der Waals surface area contributed by atoms with Crippen LogP contribution in [0.4, 0.5) is 0 Å². The molecule has 0 radical (unpaired) electrons. The number of esters is 2. The van der Waals surface area contributed by atoms with Gasteiger partial charge in [-0.25, -0.2) is 0 Å². The molecule has 0 bridgehead atoms. The van der Waals surface area contributed by atoms with Crippen LogP contribution in [0.15, 0.2) is 42.6 Å². The van der Waals surface area contributed by atoms with Gasteiger partial charge in [-0.2, -0.15) is 0 Å². The predicted molar refractivity (Wildman–Crippen MR) is 115 cm³/mol. The Kier molecular flexibility index (Phi) is 6.95. The maximum absolute atomic E-state index is 12.0. The average molecular weight is 684 g/mol. The van der Waals surface area contributed by atoms with Crippen molar-refractivity contribution in [3.05, 3.63) is 42.6 Å². The summed E-state index contributed by atoms with van der Waals surface area (Å²) in [6.45, 7) is 0.